The molecule has 0 aliphatic carbocycles. The molecule has 0 spiro atoms. The number of carbonyl (C=O) groups is 1. The number of benzene rings is 1. The summed E-state index contributed by atoms with van der Waals surface area (Å²) in [6.45, 7) is 3.52. The largest absolute Gasteiger partial charge is 0.416 e. The highest BCUT2D eigenvalue weighted by Crippen LogP contribution is 2.35. The molecular weight excluding hydrogens is 459 g/mol. The van der Waals surface area contributed by atoms with Gasteiger partial charge in [-0.2, -0.15) is 13.2 Å². The van der Waals surface area contributed by atoms with Gasteiger partial charge in [0.05, 0.1) is 24.3 Å². The van der Waals surface area contributed by atoms with E-state index in [-0.39, 0.29) is 18.5 Å². The van der Waals surface area contributed by atoms with Crippen LogP contribution in [-0.2, 0) is 28.7 Å². The zero-order valence-corrected chi connectivity index (χ0v) is 19.6. The highest BCUT2D eigenvalue weighted by atomic mass is 19.4. The first kappa shape index (κ1) is 24.0. The number of ether oxygens (including phenoxy) is 1. The first-order chi connectivity index (χ1) is 16.9. The van der Waals surface area contributed by atoms with Gasteiger partial charge in [-0.3, -0.25) is 9.69 Å². The number of likely N-dealkylation sites (tertiary alicyclic amines) is 1. The van der Waals surface area contributed by atoms with Crippen molar-refractivity contribution in [1.29, 1.82) is 0 Å². The summed E-state index contributed by atoms with van der Waals surface area (Å²) in [5.41, 5.74) is 2.11. The Balaban J connectivity index is 1.21. The van der Waals surface area contributed by atoms with Gasteiger partial charge in [-0.1, -0.05) is 12.1 Å². The third-order valence-electron chi connectivity index (χ3n) is 7.18. The maximum atomic E-state index is 13.2. The molecule has 0 radical (unpaired) electrons. The molecule has 4 heterocycles. The minimum atomic E-state index is -4.35. The van der Waals surface area contributed by atoms with E-state index in [1.165, 1.54) is 12.1 Å². The van der Waals surface area contributed by atoms with Crippen molar-refractivity contribution in [2.24, 2.45) is 0 Å². The van der Waals surface area contributed by atoms with Gasteiger partial charge < -0.3 is 15.0 Å². The monoisotopic (exact) mass is 489 g/mol. The zero-order chi connectivity index (χ0) is 24.4. The van der Waals surface area contributed by atoms with E-state index in [4.69, 9.17) is 9.72 Å². The van der Waals surface area contributed by atoms with Crippen molar-refractivity contribution in [3.05, 3.63) is 52.8 Å². The Morgan fingerprint density at radius 1 is 1.11 bits per heavy atom. The quantitative estimate of drug-likeness (QED) is 0.689. The molecule has 3 aliphatic heterocycles. The van der Waals surface area contributed by atoms with Crippen LogP contribution in [0.2, 0.25) is 0 Å². The van der Waals surface area contributed by atoms with E-state index in [0.29, 0.717) is 31.5 Å². The van der Waals surface area contributed by atoms with Crippen LogP contribution in [0.25, 0.3) is 0 Å². The number of carbonyl (C=O) groups excluding carboxylic acids is 1. The van der Waals surface area contributed by atoms with Crippen LogP contribution in [0.1, 0.15) is 54.1 Å². The van der Waals surface area contributed by atoms with Crippen LogP contribution in [0.3, 0.4) is 0 Å². The van der Waals surface area contributed by atoms with E-state index >= 15 is 0 Å². The van der Waals surface area contributed by atoms with Crippen molar-refractivity contribution >= 4 is 11.9 Å². The predicted molar refractivity (Wildman–Crippen MR) is 124 cm³/mol. The SMILES string of the molecule is O=C(CN1CCCC1c1ccc(C(F)(F)F)cc1)N1CCc2cnc(NC3CCOCC3)nc2C1. The second-order valence-corrected chi connectivity index (χ2v) is 9.51. The average molecular weight is 490 g/mol. The van der Waals surface area contributed by atoms with E-state index in [1.807, 2.05) is 11.1 Å². The summed E-state index contributed by atoms with van der Waals surface area (Å²) < 4.78 is 44.2. The van der Waals surface area contributed by atoms with Crippen molar-refractivity contribution in [1.82, 2.24) is 19.8 Å². The van der Waals surface area contributed by atoms with Crippen LogP contribution in [0, 0.1) is 0 Å². The van der Waals surface area contributed by atoms with Crippen molar-refractivity contribution in [2.75, 3.05) is 38.2 Å². The number of aromatic nitrogens is 2. The van der Waals surface area contributed by atoms with Crippen LogP contribution in [0.15, 0.2) is 30.5 Å². The number of nitrogens with zero attached hydrogens (tertiary/aromatic N) is 4. The van der Waals surface area contributed by atoms with Gasteiger partial charge in [-0.25, -0.2) is 9.97 Å². The third kappa shape index (κ3) is 5.59. The smallest absolute Gasteiger partial charge is 0.381 e. The number of halogens is 3. The number of hydrogen-bond donors (Lipinski definition) is 1. The fourth-order valence-corrected chi connectivity index (χ4v) is 5.17. The van der Waals surface area contributed by atoms with Crippen molar-refractivity contribution in [2.45, 2.75) is 56.9 Å². The average Bonchev–Trinajstić information content (AvgIpc) is 3.32. The van der Waals surface area contributed by atoms with E-state index in [9.17, 15) is 18.0 Å². The molecule has 5 rings (SSSR count). The van der Waals surface area contributed by atoms with Gasteiger partial charge in [-0.15, -0.1) is 0 Å². The molecule has 1 amide bonds. The first-order valence-corrected chi connectivity index (χ1v) is 12.2. The third-order valence-corrected chi connectivity index (χ3v) is 7.18. The maximum Gasteiger partial charge on any atom is 0.416 e. The number of amides is 1. The minimum Gasteiger partial charge on any atom is -0.381 e. The second-order valence-electron chi connectivity index (χ2n) is 9.51. The summed E-state index contributed by atoms with van der Waals surface area (Å²) >= 11 is 0. The summed E-state index contributed by atoms with van der Waals surface area (Å²) in [4.78, 5) is 26.3. The van der Waals surface area contributed by atoms with Gasteiger partial charge in [0.25, 0.3) is 0 Å². The van der Waals surface area contributed by atoms with Crippen LogP contribution in [0.5, 0.6) is 0 Å². The Morgan fingerprint density at radius 3 is 2.63 bits per heavy atom. The summed E-state index contributed by atoms with van der Waals surface area (Å²) in [5, 5.41) is 3.39. The number of alkyl halides is 3. The molecule has 1 aromatic carbocycles. The summed E-state index contributed by atoms with van der Waals surface area (Å²) in [6.07, 6.45) is 1.79. The lowest BCUT2D eigenvalue weighted by Gasteiger charge is -2.32. The number of anilines is 1. The molecule has 35 heavy (non-hydrogen) atoms. The summed E-state index contributed by atoms with van der Waals surface area (Å²) in [5.74, 6) is 0.610. The fraction of sp³-hybridized carbons (Fsp3) is 0.560. The minimum absolute atomic E-state index is 0.0204. The molecule has 1 aromatic heterocycles. The van der Waals surface area contributed by atoms with Gasteiger partial charge in [0.15, 0.2) is 0 Å². The van der Waals surface area contributed by atoms with E-state index in [0.717, 1.165) is 74.4 Å². The zero-order valence-electron chi connectivity index (χ0n) is 19.6. The van der Waals surface area contributed by atoms with E-state index in [2.05, 4.69) is 15.2 Å². The Bertz CT molecular complexity index is 1040. The van der Waals surface area contributed by atoms with Gasteiger partial charge in [0.2, 0.25) is 11.9 Å². The highest BCUT2D eigenvalue weighted by Gasteiger charge is 2.33. The molecule has 3 aliphatic rings. The Hall–Kier alpha value is -2.72. The molecule has 7 nitrogen and oxygen atoms in total. The predicted octanol–water partition coefficient (Wildman–Crippen LogP) is 3.81. The van der Waals surface area contributed by atoms with Crippen LogP contribution < -0.4 is 5.32 Å². The Kier molecular flexibility index (Phi) is 6.93. The molecule has 2 aromatic rings. The number of nitrogens with one attached hydrogen (secondary N) is 1. The van der Waals surface area contributed by atoms with Gasteiger partial charge in [0, 0.05) is 38.0 Å². The summed E-state index contributed by atoms with van der Waals surface area (Å²) in [7, 11) is 0. The van der Waals surface area contributed by atoms with Crippen LogP contribution in [-0.4, -0.2) is 64.6 Å². The molecule has 10 heteroatoms. The highest BCUT2D eigenvalue weighted by molar-refractivity contribution is 5.78. The molecule has 0 bridgehead atoms. The second kappa shape index (κ2) is 10.1. The van der Waals surface area contributed by atoms with Crippen LogP contribution >= 0.6 is 0 Å². The van der Waals surface area contributed by atoms with Crippen LogP contribution in [0.4, 0.5) is 19.1 Å². The van der Waals surface area contributed by atoms with Gasteiger partial charge in [-0.05, 0) is 61.9 Å². The normalized spacial score (nSPS) is 21.7. The molecule has 2 saturated heterocycles. The molecule has 188 valence electrons. The van der Waals surface area contributed by atoms with E-state index < -0.39 is 11.7 Å². The molecule has 2 fully saturated rings. The number of hydrogen-bond acceptors (Lipinski definition) is 6. The maximum absolute atomic E-state index is 13.2. The van der Waals surface area contributed by atoms with Crippen molar-refractivity contribution in [3.63, 3.8) is 0 Å². The lowest BCUT2D eigenvalue weighted by Crippen LogP contribution is -2.43. The topological polar surface area (TPSA) is 70.6 Å². The molecule has 1 unspecified atom stereocenters. The first-order valence-electron chi connectivity index (χ1n) is 12.2. The Morgan fingerprint density at radius 2 is 1.89 bits per heavy atom. The molecular formula is C25H30F3N5O2. The number of rotatable bonds is 5. The van der Waals surface area contributed by atoms with Gasteiger partial charge in [0.1, 0.15) is 0 Å². The Labute approximate surface area is 202 Å². The van der Waals surface area contributed by atoms with Crippen molar-refractivity contribution in [3.8, 4) is 0 Å². The molecule has 1 atom stereocenters. The van der Waals surface area contributed by atoms with Gasteiger partial charge >= 0.3 is 6.18 Å². The van der Waals surface area contributed by atoms with E-state index in [1.54, 1.807) is 0 Å². The lowest BCUT2D eigenvalue weighted by atomic mass is 10.0. The standard InChI is InChI=1S/C25H30F3N5O2/c26-25(27,28)19-5-3-17(4-6-19)22-2-1-10-32(22)16-23(34)33-11-7-18-14-29-24(31-21(18)15-33)30-20-8-12-35-13-9-20/h3-6,14,20,22H,1-2,7-13,15-16H2,(H,29,30,31). The van der Waals surface area contributed by atoms with Crippen molar-refractivity contribution < 1.29 is 22.7 Å². The fourth-order valence-electron chi connectivity index (χ4n) is 5.17. The molecule has 1 N–H and O–H groups in total. The summed E-state index contributed by atoms with van der Waals surface area (Å²) in [6, 6.07) is 5.58. The lowest BCUT2D eigenvalue weighted by molar-refractivity contribution is -0.137. The number of fused-ring (bicyclic) bond motifs is 1. The molecule has 0 saturated carbocycles.